The SMILES string of the molecule is CON(c1ccc(Cl)cc1Cl)c1c(C#N)cnc2cc(C=CC(=O)O)ccc12. The van der Waals surface area contributed by atoms with E-state index in [2.05, 4.69) is 11.1 Å². The van der Waals surface area contributed by atoms with E-state index in [9.17, 15) is 10.1 Å². The molecule has 28 heavy (non-hydrogen) atoms. The Balaban J connectivity index is 2.22. The number of carbonyl (C=O) groups is 1. The third-order valence-corrected chi connectivity index (χ3v) is 4.46. The quantitative estimate of drug-likeness (QED) is 0.456. The average Bonchev–Trinajstić information content (AvgIpc) is 2.68. The summed E-state index contributed by atoms with van der Waals surface area (Å²) in [5, 5.41) is 21.3. The van der Waals surface area contributed by atoms with Crippen LogP contribution in [0.1, 0.15) is 11.1 Å². The Morgan fingerprint density at radius 2 is 2.07 bits per heavy atom. The number of hydrogen-bond acceptors (Lipinski definition) is 5. The summed E-state index contributed by atoms with van der Waals surface area (Å²) < 4.78 is 0. The third kappa shape index (κ3) is 3.92. The van der Waals surface area contributed by atoms with Crippen LogP contribution < -0.4 is 5.06 Å². The molecule has 0 aliphatic heterocycles. The highest BCUT2D eigenvalue weighted by Crippen LogP contribution is 2.39. The summed E-state index contributed by atoms with van der Waals surface area (Å²) in [7, 11) is 1.46. The lowest BCUT2D eigenvalue weighted by Gasteiger charge is -2.25. The van der Waals surface area contributed by atoms with Gasteiger partial charge in [0.25, 0.3) is 0 Å². The van der Waals surface area contributed by atoms with Gasteiger partial charge in [-0.05, 0) is 42.0 Å². The Bertz CT molecular complexity index is 1140. The normalized spacial score (nSPS) is 10.9. The minimum atomic E-state index is -1.04. The van der Waals surface area contributed by atoms with Gasteiger partial charge in [-0.15, -0.1) is 0 Å². The predicted molar refractivity (Wildman–Crippen MR) is 109 cm³/mol. The van der Waals surface area contributed by atoms with Crippen molar-refractivity contribution in [2.75, 3.05) is 12.2 Å². The van der Waals surface area contributed by atoms with Crippen molar-refractivity contribution >= 4 is 57.5 Å². The summed E-state index contributed by atoms with van der Waals surface area (Å²) in [5.74, 6) is -1.04. The van der Waals surface area contributed by atoms with Gasteiger partial charge in [-0.2, -0.15) is 5.26 Å². The first-order valence-corrected chi connectivity index (χ1v) is 8.73. The van der Waals surface area contributed by atoms with Gasteiger partial charge in [-0.1, -0.05) is 29.3 Å². The maximum absolute atomic E-state index is 10.7. The van der Waals surface area contributed by atoms with E-state index in [0.29, 0.717) is 37.9 Å². The van der Waals surface area contributed by atoms with Gasteiger partial charge >= 0.3 is 5.97 Å². The fourth-order valence-corrected chi connectivity index (χ4v) is 3.21. The van der Waals surface area contributed by atoms with Crippen LogP contribution in [0.3, 0.4) is 0 Å². The molecule has 0 unspecified atom stereocenters. The molecule has 1 N–H and O–H groups in total. The topological polar surface area (TPSA) is 86.5 Å². The summed E-state index contributed by atoms with van der Waals surface area (Å²) in [4.78, 5) is 20.6. The largest absolute Gasteiger partial charge is 0.478 e. The smallest absolute Gasteiger partial charge is 0.328 e. The minimum Gasteiger partial charge on any atom is -0.478 e. The van der Waals surface area contributed by atoms with E-state index in [0.717, 1.165) is 6.08 Å². The van der Waals surface area contributed by atoms with E-state index in [4.69, 9.17) is 33.1 Å². The van der Waals surface area contributed by atoms with Crippen molar-refractivity contribution in [2.45, 2.75) is 0 Å². The molecule has 2 aromatic carbocycles. The van der Waals surface area contributed by atoms with Crippen molar-refractivity contribution in [3.63, 3.8) is 0 Å². The zero-order valence-electron chi connectivity index (χ0n) is 14.6. The zero-order valence-corrected chi connectivity index (χ0v) is 16.1. The maximum atomic E-state index is 10.7. The summed E-state index contributed by atoms with van der Waals surface area (Å²) >= 11 is 12.3. The number of nitriles is 1. The molecule has 6 nitrogen and oxygen atoms in total. The Morgan fingerprint density at radius 3 is 2.71 bits per heavy atom. The number of pyridine rings is 1. The van der Waals surface area contributed by atoms with Crippen molar-refractivity contribution in [2.24, 2.45) is 0 Å². The number of carboxylic acids is 1. The Labute approximate surface area is 170 Å². The van der Waals surface area contributed by atoms with E-state index in [1.165, 1.54) is 24.4 Å². The Kier molecular flexibility index (Phi) is 5.81. The molecule has 0 spiro atoms. The van der Waals surface area contributed by atoms with Crippen LogP contribution in [0.15, 0.2) is 48.7 Å². The van der Waals surface area contributed by atoms with Gasteiger partial charge in [0, 0.05) is 22.7 Å². The number of carboxylic acid groups (broad SMARTS) is 1. The number of nitrogens with zero attached hydrogens (tertiary/aromatic N) is 3. The third-order valence-electron chi connectivity index (χ3n) is 3.92. The monoisotopic (exact) mass is 413 g/mol. The van der Waals surface area contributed by atoms with Crippen LogP contribution in [0.4, 0.5) is 11.4 Å². The van der Waals surface area contributed by atoms with E-state index in [-0.39, 0.29) is 5.56 Å². The number of halogens is 2. The molecule has 0 bridgehead atoms. The molecule has 1 heterocycles. The number of fused-ring (bicyclic) bond motifs is 1. The van der Waals surface area contributed by atoms with Crippen molar-refractivity contribution < 1.29 is 14.7 Å². The van der Waals surface area contributed by atoms with Gasteiger partial charge < -0.3 is 5.11 Å². The molecule has 0 aliphatic carbocycles. The van der Waals surface area contributed by atoms with Gasteiger partial charge in [-0.25, -0.2) is 9.86 Å². The van der Waals surface area contributed by atoms with Gasteiger partial charge in [0.15, 0.2) is 0 Å². The van der Waals surface area contributed by atoms with Crippen LogP contribution in [0.2, 0.25) is 10.0 Å². The summed E-state index contributed by atoms with van der Waals surface area (Å²) in [6.07, 6.45) is 3.93. The number of anilines is 2. The number of aliphatic carboxylic acids is 1. The highest BCUT2D eigenvalue weighted by atomic mass is 35.5. The lowest BCUT2D eigenvalue weighted by Crippen LogP contribution is -2.17. The Morgan fingerprint density at radius 1 is 1.29 bits per heavy atom. The molecule has 140 valence electrons. The van der Waals surface area contributed by atoms with E-state index < -0.39 is 5.97 Å². The van der Waals surface area contributed by atoms with E-state index in [1.54, 1.807) is 36.4 Å². The van der Waals surface area contributed by atoms with Crippen LogP contribution >= 0.6 is 23.2 Å². The predicted octanol–water partition coefficient (Wildman–Crippen LogP) is 5.21. The molecule has 0 amide bonds. The lowest BCUT2D eigenvalue weighted by molar-refractivity contribution is -0.131. The van der Waals surface area contributed by atoms with Gasteiger partial charge in [0.2, 0.25) is 0 Å². The minimum absolute atomic E-state index is 0.286. The van der Waals surface area contributed by atoms with Crippen LogP contribution in [0.5, 0.6) is 0 Å². The van der Waals surface area contributed by atoms with Gasteiger partial charge in [0.1, 0.15) is 6.07 Å². The summed E-state index contributed by atoms with van der Waals surface area (Å²) in [5.41, 5.74) is 2.48. The summed E-state index contributed by atoms with van der Waals surface area (Å²) in [6.45, 7) is 0. The highest BCUT2D eigenvalue weighted by Gasteiger charge is 2.20. The highest BCUT2D eigenvalue weighted by molar-refractivity contribution is 6.36. The zero-order chi connectivity index (χ0) is 20.3. The van der Waals surface area contributed by atoms with Crippen molar-refractivity contribution in [1.29, 1.82) is 5.26 Å². The van der Waals surface area contributed by atoms with Gasteiger partial charge in [0.05, 0.1) is 34.6 Å². The Hall–Kier alpha value is -3.11. The van der Waals surface area contributed by atoms with Crippen molar-refractivity contribution in [3.05, 3.63) is 69.8 Å². The molecule has 0 radical (unpaired) electrons. The standard InChI is InChI=1S/C20H13Cl2N3O3/c1-28-25(18-6-4-14(21)9-16(18)22)20-13(10-23)11-24-17-8-12(2-5-15(17)20)3-7-19(26)27/h2-9,11H,1H3,(H,26,27). The van der Waals surface area contributed by atoms with E-state index >= 15 is 0 Å². The van der Waals surface area contributed by atoms with Crippen LogP contribution in [0, 0.1) is 11.3 Å². The average molecular weight is 414 g/mol. The second-order valence-electron chi connectivity index (χ2n) is 5.65. The first kappa shape index (κ1) is 19.6. The van der Waals surface area contributed by atoms with Crippen LogP contribution in [0.25, 0.3) is 17.0 Å². The van der Waals surface area contributed by atoms with Gasteiger partial charge in [-0.3, -0.25) is 9.82 Å². The molecule has 0 fully saturated rings. The number of benzene rings is 2. The second-order valence-corrected chi connectivity index (χ2v) is 6.50. The molecule has 8 heteroatoms. The maximum Gasteiger partial charge on any atom is 0.328 e. The molecule has 0 saturated carbocycles. The molecule has 3 rings (SSSR count). The van der Waals surface area contributed by atoms with Crippen molar-refractivity contribution in [1.82, 2.24) is 4.98 Å². The molecule has 3 aromatic rings. The van der Waals surface area contributed by atoms with Crippen molar-refractivity contribution in [3.8, 4) is 6.07 Å². The molecule has 1 aromatic heterocycles. The fourth-order valence-electron chi connectivity index (χ4n) is 2.72. The molecule has 0 saturated heterocycles. The number of rotatable bonds is 5. The fraction of sp³-hybridized carbons (Fsp3) is 0.0500. The molecular weight excluding hydrogens is 401 g/mol. The first-order valence-electron chi connectivity index (χ1n) is 7.97. The van der Waals surface area contributed by atoms with E-state index in [1.807, 2.05) is 0 Å². The van der Waals surface area contributed by atoms with Crippen LogP contribution in [-0.4, -0.2) is 23.2 Å². The molecular formula is C20H13Cl2N3O3. The van der Waals surface area contributed by atoms with Crippen LogP contribution in [-0.2, 0) is 9.63 Å². The molecule has 0 atom stereocenters. The lowest BCUT2D eigenvalue weighted by atomic mass is 10.1. The number of aromatic nitrogens is 1. The number of hydrogen-bond donors (Lipinski definition) is 1. The summed E-state index contributed by atoms with van der Waals surface area (Å²) in [6, 6.07) is 12.2. The molecule has 0 aliphatic rings. The second kappa shape index (κ2) is 8.28. The first-order chi connectivity index (χ1) is 13.4.